The molecule has 1 aromatic carbocycles. The Labute approximate surface area is 210 Å². The number of benzene rings is 1. The van der Waals surface area contributed by atoms with E-state index in [1.54, 1.807) is 31.2 Å². The quantitative estimate of drug-likeness (QED) is 0.316. The van der Waals surface area contributed by atoms with E-state index in [2.05, 4.69) is 30.6 Å². The van der Waals surface area contributed by atoms with Crippen molar-refractivity contribution in [3.63, 3.8) is 0 Å². The zero-order valence-electron chi connectivity index (χ0n) is 18.1. The normalized spacial score (nSPS) is 11.7. The number of nitrogens with zero attached hydrogens (tertiary/aromatic N) is 7. The summed E-state index contributed by atoms with van der Waals surface area (Å²) in [5, 5.41) is 15.2. The highest BCUT2D eigenvalue weighted by atomic mass is 35.5. The third kappa shape index (κ3) is 4.14. The number of carbonyl (C=O) groups excluding carboxylic acids is 1. The molecule has 0 bridgehead atoms. The van der Waals surface area contributed by atoms with Crippen molar-refractivity contribution in [1.82, 2.24) is 34.7 Å². The summed E-state index contributed by atoms with van der Waals surface area (Å²) < 4.78 is 43.3. The van der Waals surface area contributed by atoms with Crippen molar-refractivity contribution in [3.8, 4) is 11.5 Å². The number of alkyl halides is 3. The highest BCUT2D eigenvalue weighted by Gasteiger charge is 2.41. The molecule has 5 rings (SSSR count). The van der Waals surface area contributed by atoms with Crippen LogP contribution in [0.4, 0.5) is 18.9 Å². The summed E-state index contributed by atoms with van der Waals surface area (Å²) in [4.78, 5) is 22.4. The van der Waals surface area contributed by atoms with Crippen LogP contribution < -0.4 is 5.32 Å². The van der Waals surface area contributed by atoms with Gasteiger partial charge in [0.15, 0.2) is 11.5 Å². The van der Waals surface area contributed by atoms with Crippen LogP contribution in [0, 0.1) is 6.92 Å². The maximum atomic E-state index is 14.2. The number of halogens is 5. The van der Waals surface area contributed by atoms with Crippen molar-refractivity contribution in [1.29, 1.82) is 0 Å². The maximum Gasteiger partial charge on any atom is 0.434 e. The number of aromatic nitrogens is 7. The molecule has 0 saturated carbocycles. The van der Waals surface area contributed by atoms with Crippen molar-refractivity contribution in [2.75, 3.05) is 5.32 Å². The molecule has 0 aliphatic heterocycles. The van der Waals surface area contributed by atoms with Crippen LogP contribution in [0.2, 0.25) is 10.2 Å². The van der Waals surface area contributed by atoms with Gasteiger partial charge in [0.05, 0.1) is 52.4 Å². The number of hydrogen-bond donors (Lipinski definition) is 1. The van der Waals surface area contributed by atoms with Crippen LogP contribution in [0.1, 0.15) is 21.7 Å². The molecule has 182 valence electrons. The lowest BCUT2D eigenvalue weighted by atomic mass is 10.1. The largest absolute Gasteiger partial charge is 0.434 e. The minimum Gasteiger partial charge on any atom is -0.320 e. The molecule has 4 heterocycles. The summed E-state index contributed by atoms with van der Waals surface area (Å²) in [5.41, 5.74) is -1.56. The number of rotatable bonds is 4. The van der Waals surface area contributed by atoms with Crippen molar-refractivity contribution in [2.45, 2.75) is 13.1 Å². The number of anilines is 1. The molecule has 0 atom stereocenters. The third-order valence-corrected chi connectivity index (χ3v) is 5.82. The van der Waals surface area contributed by atoms with E-state index in [1.807, 2.05) is 0 Å². The average Bonchev–Trinajstić information content (AvgIpc) is 3.52. The monoisotopic (exact) mass is 532 g/mol. The lowest BCUT2D eigenvalue weighted by Crippen LogP contribution is -2.21. The van der Waals surface area contributed by atoms with Gasteiger partial charge in [0, 0.05) is 10.8 Å². The molecule has 0 aliphatic carbocycles. The van der Waals surface area contributed by atoms with E-state index in [4.69, 9.17) is 23.2 Å². The minimum atomic E-state index is -4.93. The van der Waals surface area contributed by atoms with Gasteiger partial charge in [-0.1, -0.05) is 47.5 Å². The molecule has 1 amide bonds. The molecule has 36 heavy (non-hydrogen) atoms. The molecular weight excluding hydrogens is 520 g/mol. The van der Waals surface area contributed by atoms with Gasteiger partial charge < -0.3 is 5.32 Å². The first-order valence-corrected chi connectivity index (χ1v) is 10.9. The smallest absolute Gasteiger partial charge is 0.320 e. The second-order valence-electron chi connectivity index (χ2n) is 7.50. The van der Waals surface area contributed by atoms with Gasteiger partial charge in [0.25, 0.3) is 5.91 Å². The Hall–Kier alpha value is -4.03. The van der Waals surface area contributed by atoms with Gasteiger partial charge >= 0.3 is 6.18 Å². The number of nitrogens with one attached hydrogen (secondary N) is 1. The van der Waals surface area contributed by atoms with Crippen LogP contribution in [-0.4, -0.2) is 40.6 Å². The number of fused-ring (bicyclic) bond motifs is 1. The Kier molecular flexibility index (Phi) is 5.85. The van der Waals surface area contributed by atoms with E-state index in [9.17, 15) is 18.0 Å². The molecule has 0 aliphatic rings. The van der Waals surface area contributed by atoms with E-state index in [0.29, 0.717) is 15.5 Å². The van der Waals surface area contributed by atoms with E-state index in [-0.39, 0.29) is 33.1 Å². The fourth-order valence-corrected chi connectivity index (χ4v) is 4.07. The summed E-state index contributed by atoms with van der Waals surface area (Å²) in [5.74, 6) is -0.853. The van der Waals surface area contributed by atoms with Gasteiger partial charge in [-0.2, -0.15) is 28.5 Å². The number of aryl methyl sites for hydroxylation is 1. The molecule has 0 radical (unpaired) electrons. The molecule has 0 unspecified atom stereocenters. The first kappa shape index (κ1) is 23.7. The molecule has 0 saturated heterocycles. The van der Waals surface area contributed by atoms with Crippen LogP contribution in [0.15, 0.2) is 55.1 Å². The van der Waals surface area contributed by atoms with Crippen molar-refractivity contribution in [3.05, 3.63) is 82.2 Å². The standard InChI is InChI=1S/C22H13Cl2F3N8O/c1-11-16(8-15(23)20(32-11)35-29-6-7-30-35)33-21(36)14-9-31-34(18(14)22(25,26)27)17-10-28-19(24)13-5-3-2-4-12(13)17/h2-10H,1H3,(H,33,36). The number of amides is 1. The van der Waals surface area contributed by atoms with Crippen LogP contribution in [-0.2, 0) is 6.18 Å². The fourth-order valence-electron chi connectivity index (χ4n) is 3.63. The molecule has 0 spiro atoms. The summed E-state index contributed by atoms with van der Waals surface area (Å²) in [7, 11) is 0. The summed E-state index contributed by atoms with van der Waals surface area (Å²) in [6.07, 6.45) is -0.0551. The predicted octanol–water partition coefficient (Wildman–Crippen LogP) is 5.28. The van der Waals surface area contributed by atoms with Crippen molar-refractivity contribution >= 4 is 45.6 Å². The molecule has 5 aromatic rings. The van der Waals surface area contributed by atoms with Crippen LogP contribution in [0.3, 0.4) is 0 Å². The highest BCUT2D eigenvalue weighted by Crippen LogP contribution is 2.36. The summed E-state index contributed by atoms with van der Waals surface area (Å²) in [6.45, 7) is 1.55. The first-order valence-electron chi connectivity index (χ1n) is 10.2. The van der Waals surface area contributed by atoms with Crippen molar-refractivity contribution in [2.24, 2.45) is 0 Å². The molecule has 14 heteroatoms. The highest BCUT2D eigenvalue weighted by molar-refractivity contribution is 6.34. The third-order valence-electron chi connectivity index (χ3n) is 5.24. The van der Waals surface area contributed by atoms with Crippen molar-refractivity contribution < 1.29 is 18.0 Å². The second kappa shape index (κ2) is 8.88. The molecule has 1 N–H and O–H groups in total. The lowest BCUT2D eigenvalue weighted by Gasteiger charge is -2.15. The zero-order chi connectivity index (χ0) is 25.6. The Morgan fingerprint density at radius 3 is 2.42 bits per heavy atom. The number of pyridine rings is 2. The van der Waals surface area contributed by atoms with E-state index in [1.165, 1.54) is 29.5 Å². The fraction of sp³-hybridized carbons (Fsp3) is 0.0909. The van der Waals surface area contributed by atoms with Gasteiger partial charge in [-0.05, 0) is 13.0 Å². The Morgan fingerprint density at radius 1 is 1.03 bits per heavy atom. The Morgan fingerprint density at radius 2 is 1.72 bits per heavy atom. The van der Waals surface area contributed by atoms with Gasteiger partial charge in [-0.25, -0.2) is 14.6 Å². The predicted molar refractivity (Wildman–Crippen MR) is 126 cm³/mol. The molecule has 0 fully saturated rings. The van der Waals surface area contributed by atoms with Gasteiger partial charge in [0.2, 0.25) is 0 Å². The lowest BCUT2D eigenvalue weighted by molar-refractivity contribution is -0.143. The van der Waals surface area contributed by atoms with Gasteiger partial charge in [0.1, 0.15) is 5.15 Å². The first-order chi connectivity index (χ1) is 17.1. The molecule has 4 aromatic heterocycles. The van der Waals surface area contributed by atoms with Crippen LogP contribution >= 0.6 is 23.2 Å². The summed E-state index contributed by atoms with van der Waals surface area (Å²) >= 11 is 12.4. The van der Waals surface area contributed by atoms with E-state index >= 15 is 0 Å². The minimum absolute atomic E-state index is 0.0124. The Bertz CT molecular complexity index is 1620. The summed E-state index contributed by atoms with van der Waals surface area (Å²) in [6, 6.07) is 7.90. The topological polar surface area (TPSA) is 103 Å². The molecule has 9 nitrogen and oxygen atoms in total. The van der Waals surface area contributed by atoms with Crippen LogP contribution in [0.5, 0.6) is 0 Å². The Balaban J connectivity index is 1.57. The molecular formula is C22H13Cl2F3N8O. The average molecular weight is 533 g/mol. The zero-order valence-corrected chi connectivity index (χ0v) is 19.6. The number of carbonyl (C=O) groups is 1. The second-order valence-corrected chi connectivity index (χ2v) is 8.26. The van der Waals surface area contributed by atoms with E-state index < -0.39 is 23.3 Å². The number of hydrogen-bond acceptors (Lipinski definition) is 6. The maximum absolute atomic E-state index is 14.2. The van der Waals surface area contributed by atoms with E-state index in [0.717, 1.165) is 6.20 Å². The SMILES string of the molecule is Cc1nc(-n2nccn2)c(Cl)cc1NC(=O)c1cnn(-c2cnc(Cl)c3ccccc23)c1C(F)(F)F. The van der Waals surface area contributed by atoms with Gasteiger partial charge in [-0.3, -0.25) is 4.79 Å². The van der Waals surface area contributed by atoms with Gasteiger partial charge in [-0.15, -0.1) is 4.80 Å². The van der Waals surface area contributed by atoms with Crippen LogP contribution in [0.25, 0.3) is 22.3 Å².